The quantitative estimate of drug-likeness (QED) is 0.891. The van der Waals surface area contributed by atoms with E-state index in [1.165, 1.54) is 12.0 Å². The zero-order valence-electron chi connectivity index (χ0n) is 10.6. The first-order valence-electron chi connectivity index (χ1n) is 6.57. The molecule has 0 spiro atoms. The van der Waals surface area contributed by atoms with E-state index in [1.807, 2.05) is 13.1 Å². The second-order valence-corrected chi connectivity index (χ2v) is 5.38. The van der Waals surface area contributed by atoms with E-state index in [9.17, 15) is 4.79 Å². The molecule has 2 bridgehead atoms. The predicted octanol–water partition coefficient (Wildman–Crippen LogP) is 2.78. The highest BCUT2D eigenvalue weighted by molar-refractivity contribution is 5.89. The molecule has 2 aliphatic carbocycles. The third kappa shape index (κ3) is 2.08. The molecule has 2 nitrogen and oxygen atoms in total. The molecule has 98 valence electrons. The average molecular weight is 266 g/mol. The third-order valence-electron chi connectivity index (χ3n) is 4.54. The van der Waals surface area contributed by atoms with Gasteiger partial charge in [-0.2, -0.15) is 0 Å². The second kappa shape index (κ2) is 5.41. The van der Waals surface area contributed by atoms with Crippen molar-refractivity contribution in [3.05, 3.63) is 35.9 Å². The summed E-state index contributed by atoms with van der Waals surface area (Å²) in [6, 6.07) is 10.6. The minimum Gasteiger partial charge on any atom is -0.310 e. The molecule has 1 aromatic carbocycles. The van der Waals surface area contributed by atoms with E-state index >= 15 is 0 Å². The first kappa shape index (κ1) is 13.6. The standard InChI is InChI=1S/C15H19NO.ClH/c1-16-14-13(10-5-3-2-4-6-10)11-7-8-12(9-11)15(14)17;/h2-6,11-14,16H,7-9H2,1H3;1H. The van der Waals surface area contributed by atoms with E-state index < -0.39 is 0 Å². The van der Waals surface area contributed by atoms with Crippen LogP contribution in [0.5, 0.6) is 0 Å². The maximum absolute atomic E-state index is 12.3. The first-order chi connectivity index (χ1) is 8.31. The number of hydrogen-bond donors (Lipinski definition) is 1. The van der Waals surface area contributed by atoms with Gasteiger partial charge in [0, 0.05) is 11.8 Å². The number of carbonyl (C=O) groups excluding carboxylic acids is 1. The van der Waals surface area contributed by atoms with Gasteiger partial charge in [-0.1, -0.05) is 30.3 Å². The molecule has 0 radical (unpaired) electrons. The van der Waals surface area contributed by atoms with Gasteiger partial charge in [-0.25, -0.2) is 0 Å². The van der Waals surface area contributed by atoms with Crippen LogP contribution >= 0.6 is 12.4 Å². The Morgan fingerprint density at radius 2 is 1.89 bits per heavy atom. The van der Waals surface area contributed by atoms with Crippen LogP contribution in [0.1, 0.15) is 30.7 Å². The SMILES string of the molecule is CNC1C(=O)C2CCC(C2)C1c1ccccc1.Cl. The van der Waals surface area contributed by atoms with Gasteiger partial charge in [-0.15, -0.1) is 12.4 Å². The van der Waals surface area contributed by atoms with Gasteiger partial charge >= 0.3 is 0 Å². The molecule has 1 N–H and O–H groups in total. The number of ketones is 1. The molecule has 3 heteroatoms. The van der Waals surface area contributed by atoms with Crippen molar-refractivity contribution in [3.63, 3.8) is 0 Å². The number of halogens is 1. The zero-order valence-corrected chi connectivity index (χ0v) is 11.5. The van der Waals surface area contributed by atoms with Gasteiger partial charge in [0.05, 0.1) is 6.04 Å². The predicted molar refractivity (Wildman–Crippen MR) is 75.1 cm³/mol. The maximum Gasteiger partial charge on any atom is 0.153 e. The number of hydrogen-bond acceptors (Lipinski definition) is 2. The number of benzene rings is 1. The summed E-state index contributed by atoms with van der Waals surface area (Å²) >= 11 is 0. The summed E-state index contributed by atoms with van der Waals surface area (Å²) in [6.07, 6.45) is 3.43. The Hall–Kier alpha value is -0.860. The fraction of sp³-hybridized carbons (Fsp3) is 0.533. The fourth-order valence-electron chi connectivity index (χ4n) is 3.77. The lowest BCUT2D eigenvalue weighted by atomic mass is 9.72. The molecule has 0 amide bonds. The minimum absolute atomic E-state index is 0. The normalized spacial score (nSPS) is 34.2. The van der Waals surface area contributed by atoms with Gasteiger partial charge in [0.15, 0.2) is 5.78 Å². The summed E-state index contributed by atoms with van der Waals surface area (Å²) < 4.78 is 0. The molecule has 1 aromatic rings. The average Bonchev–Trinajstić information content (AvgIpc) is 2.80. The molecule has 2 aliphatic rings. The molecule has 18 heavy (non-hydrogen) atoms. The van der Waals surface area contributed by atoms with Crippen LogP contribution < -0.4 is 5.32 Å². The molecule has 0 heterocycles. The highest BCUT2D eigenvalue weighted by Gasteiger charge is 2.47. The van der Waals surface area contributed by atoms with Gasteiger partial charge in [-0.3, -0.25) is 4.79 Å². The van der Waals surface area contributed by atoms with Gasteiger partial charge < -0.3 is 5.32 Å². The molecular formula is C15H20ClNO. The van der Waals surface area contributed by atoms with Crippen molar-refractivity contribution in [2.45, 2.75) is 31.2 Å². The van der Waals surface area contributed by atoms with Crippen LogP contribution in [0.3, 0.4) is 0 Å². The van der Waals surface area contributed by atoms with E-state index in [1.54, 1.807) is 0 Å². The van der Waals surface area contributed by atoms with Crippen molar-refractivity contribution in [2.75, 3.05) is 7.05 Å². The van der Waals surface area contributed by atoms with Crippen LogP contribution in [0.25, 0.3) is 0 Å². The summed E-state index contributed by atoms with van der Waals surface area (Å²) in [5.41, 5.74) is 1.32. The van der Waals surface area contributed by atoms with Crippen LogP contribution in [-0.4, -0.2) is 18.9 Å². The second-order valence-electron chi connectivity index (χ2n) is 5.38. The topological polar surface area (TPSA) is 29.1 Å². The molecule has 0 aromatic heterocycles. The Balaban J connectivity index is 0.00000120. The minimum atomic E-state index is 0. The van der Waals surface area contributed by atoms with Gasteiger partial charge in [0.2, 0.25) is 0 Å². The Bertz CT molecular complexity index is 420. The van der Waals surface area contributed by atoms with Crippen molar-refractivity contribution in [3.8, 4) is 0 Å². The number of Topliss-reactive ketones (excluding diaryl/α,β-unsaturated/α-hetero) is 1. The number of rotatable bonds is 2. The summed E-state index contributed by atoms with van der Waals surface area (Å²) in [4.78, 5) is 12.3. The molecule has 0 aliphatic heterocycles. The fourth-order valence-corrected chi connectivity index (χ4v) is 3.77. The summed E-state index contributed by atoms with van der Waals surface area (Å²) in [7, 11) is 1.92. The van der Waals surface area contributed by atoms with Crippen LogP contribution in [-0.2, 0) is 4.79 Å². The molecule has 0 saturated heterocycles. The Morgan fingerprint density at radius 3 is 2.56 bits per heavy atom. The van der Waals surface area contributed by atoms with Crippen molar-refractivity contribution < 1.29 is 4.79 Å². The number of fused-ring (bicyclic) bond motifs is 2. The van der Waals surface area contributed by atoms with E-state index in [0.717, 1.165) is 12.8 Å². The van der Waals surface area contributed by atoms with Crippen LogP contribution in [0.2, 0.25) is 0 Å². The Labute approximate surface area is 115 Å². The van der Waals surface area contributed by atoms with Gasteiger partial charge in [0.1, 0.15) is 0 Å². The van der Waals surface area contributed by atoms with Crippen LogP contribution in [0.4, 0.5) is 0 Å². The lowest BCUT2D eigenvalue weighted by Crippen LogP contribution is -2.47. The smallest absolute Gasteiger partial charge is 0.153 e. The molecule has 3 rings (SSSR count). The van der Waals surface area contributed by atoms with E-state index in [4.69, 9.17) is 0 Å². The van der Waals surface area contributed by atoms with Crippen LogP contribution in [0, 0.1) is 11.8 Å². The third-order valence-corrected chi connectivity index (χ3v) is 4.54. The monoisotopic (exact) mass is 265 g/mol. The van der Waals surface area contributed by atoms with Gasteiger partial charge in [0.25, 0.3) is 0 Å². The molecular weight excluding hydrogens is 246 g/mol. The Kier molecular flexibility index (Phi) is 4.08. The molecule has 4 atom stereocenters. The summed E-state index contributed by atoms with van der Waals surface area (Å²) in [5.74, 6) is 1.84. The summed E-state index contributed by atoms with van der Waals surface area (Å²) in [6.45, 7) is 0. The largest absolute Gasteiger partial charge is 0.310 e. The zero-order chi connectivity index (χ0) is 11.8. The van der Waals surface area contributed by atoms with E-state index in [-0.39, 0.29) is 18.4 Å². The number of carbonyl (C=O) groups is 1. The van der Waals surface area contributed by atoms with E-state index in [0.29, 0.717) is 23.5 Å². The van der Waals surface area contributed by atoms with E-state index in [2.05, 4.69) is 29.6 Å². The molecule has 4 unspecified atom stereocenters. The Morgan fingerprint density at radius 1 is 1.17 bits per heavy atom. The van der Waals surface area contributed by atoms with Crippen molar-refractivity contribution in [1.82, 2.24) is 5.32 Å². The van der Waals surface area contributed by atoms with Gasteiger partial charge in [-0.05, 0) is 37.8 Å². The highest BCUT2D eigenvalue weighted by atomic mass is 35.5. The van der Waals surface area contributed by atoms with Crippen molar-refractivity contribution in [2.24, 2.45) is 11.8 Å². The first-order valence-corrected chi connectivity index (χ1v) is 6.57. The lowest BCUT2D eigenvalue weighted by molar-refractivity contribution is -0.127. The molecule has 2 fully saturated rings. The van der Waals surface area contributed by atoms with Crippen LogP contribution in [0.15, 0.2) is 30.3 Å². The highest BCUT2D eigenvalue weighted by Crippen LogP contribution is 2.47. The summed E-state index contributed by atoms with van der Waals surface area (Å²) in [5, 5.41) is 3.25. The molecule has 2 saturated carbocycles. The number of nitrogens with one attached hydrogen (secondary N) is 1. The number of likely N-dealkylation sites (N-methyl/N-ethyl adjacent to an activating group) is 1. The maximum atomic E-state index is 12.3. The van der Waals surface area contributed by atoms with Crippen molar-refractivity contribution >= 4 is 18.2 Å². The van der Waals surface area contributed by atoms with Crippen molar-refractivity contribution in [1.29, 1.82) is 0 Å². The lowest BCUT2D eigenvalue weighted by Gasteiger charge is -2.35.